The number of rotatable bonds is 6. The van der Waals surface area contributed by atoms with Crippen LogP contribution in [0, 0.1) is 5.92 Å². The number of carboxylic acid groups (broad SMARTS) is 1. The first-order chi connectivity index (χ1) is 12.1. The maximum absolute atomic E-state index is 12.1. The minimum absolute atomic E-state index is 0.320. The second-order valence-corrected chi connectivity index (χ2v) is 6.41. The van der Waals surface area contributed by atoms with Gasteiger partial charge in [-0.15, -0.1) is 0 Å². The molecule has 7 heteroatoms. The van der Waals surface area contributed by atoms with E-state index in [4.69, 9.17) is 19.3 Å². The molecule has 2 fully saturated rings. The van der Waals surface area contributed by atoms with E-state index < -0.39 is 18.2 Å². The Hall–Kier alpha value is -2.12. The van der Waals surface area contributed by atoms with Gasteiger partial charge < -0.3 is 24.6 Å². The molecule has 2 atom stereocenters. The Morgan fingerprint density at radius 1 is 1.08 bits per heavy atom. The summed E-state index contributed by atoms with van der Waals surface area (Å²) in [5, 5.41) is 11.6. The summed E-state index contributed by atoms with van der Waals surface area (Å²) in [6.45, 7) is 2.26. The van der Waals surface area contributed by atoms with Crippen LogP contribution >= 0.6 is 0 Å². The average Bonchev–Trinajstić information content (AvgIpc) is 3.13. The lowest BCUT2D eigenvalue weighted by atomic mass is 10.0. The minimum Gasteiger partial charge on any atom is -0.493 e. The first-order valence-corrected chi connectivity index (χ1v) is 8.61. The van der Waals surface area contributed by atoms with Gasteiger partial charge in [-0.1, -0.05) is 0 Å². The zero-order valence-electron chi connectivity index (χ0n) is 14.0. The molecule has 1 aromatic rings. The van der Waals surface area contributed by atoms with Crippen molar-refractivity contribution >= 4 is 17.6 Å². The van der Waals surface area contributed by atoms with Gasteiger partial charge in [-0.3, -0.25) is 4.79 Å². The molecule has 0 unspecified atom stereocenters. The van der Waals surface area contributed by atoms with Gasteiger partial charge in [-0.05, 0) is 55.9 Å². The standard InChI is InChI=1S/C18H23NO6/c20-17(15-5-6-16(25-15)18(21)22)19-13-1-3-14(4-2-13)24-11-12-7-9-23-10-8-12/h1-4,12,15-16H,5-11H2,(H,19,20)(H,21,22)/t15-,16+/m0/s1. The summed E-state index contributed by atoms with van der Waals surface area (Å²) in [6.07, 6.45) is 1.20. The largest absolute Gasteiger partial charge is 0.493 e. The number of aliphatic carboxylic acids is 1. The third-order valence-electron chi connectivity index (χ3n) is 4.54. The van der Waals surface area contributed by atoms with E-state index in [1.54, 1.807) is 12.1 Å². The van der Waals surface area contributed by atoms with Crippen molar-refractivity contribution in [2.45, 2.75) is 37.9 Å². The van der Waals surface area contributed by atoms with Gasteiger partial charge in [0.05, 0.1) is 6.61 Å². The van der Waals surface area contributed by atoms with Crippen molar-refractivity contribution in [2.75, 3.05) is 25.1 Å². The van der Waals surface area contributed by atoms with Gasteiger partial charge >= 0.3 is 5.97 Å². The molecule has 25 heavy (non-hydrogen) atoms. The SMILES string of the molecule is O=C(Nc1ccc(OCC2CCOCC2)cc1)[C@@H]1CC[C@H](C(=O)O)O1. The third kappa shape index (κ3) is 4.93. The molecule has 0 bridgehead atoms. The van der Waals surface area contributed by atoms with Crippen LogP contribution in [0.3, 0.4) is 0 Å². The quantitative estimate of drug-likeness (QED) is 0.816. The monoisotopic (exact) mass is 349 g/mol. The number of hydrogen-bond acceptors (Lipinski definition) is 5. The van der Waals surface area contributed by atoms with Crippen molar-refractivity contribution in [3.05, 3.63) is 24.3 Å². The average molecular weight is 349 g/mol. The van der Waals surface area contributed by atoms with E-state index in [0.717, 1.165) is 31.8 Å². The summed E-state index contributed by atoms with van der Waals surface area (Å²) >= 11 is 0. The topological polar surface area (TPSA) is 94.1 Å². The van der Waals surface area contributed by atoms with Gasteiger partial charge in [-0.25, -0.2) is 4.79 Å². The van der Waals surface area contributed by atoms with Crippen LogP contribution in [0.5, 0.6) is 5.75 Å². The molecule has 2 saturated heterocycles. The van der Waals surface area contributed by atoms with E-state index in [9.17, 15) is 9.59 Å². The lowest BCUT2D eigenvalue weighted by Gasteiger charge is -2.22. The molecule has 3 rings (SSSR count). The van der Waals surface area contributed by atoms with E-state index in [-0.39, 0.29) is 5.91 Å². The molecule has 0 saturated carbocycles. The van der Waals surface area contributed by atoms with Crippen LogP contribution in [0.1, 0.15) is 25.7 Å². The number of carbonyl (C=O) groups is 2. The maximum Gasteiger partial charge on any atom is 0.332 e. The molecule has 1 amide bonds. The normalized spacial score (nSPS) is 24.0. The number of anilines is 1. The number of nitrogens with one attached hydrogen (secondary N) is 1. The lowest BCUT2D eigenvalue weighted by Crippen LogP contribution is -2.29. The first-order valence-electron chi connectivity index (χ1n) is 8.61. The molecular formula is C18H23NO6. The van der Waals surface area contributed by atoms with Crippen LogP contribution in [0.25, 0.3) is 0 Å². The predicted octanol–water partition coefficient (Wildman–Crippen LogP) is 2.06. The van der Waals surface area contributed by atoms with Crippen molar-refractivity contribution in [3.63, 3.8) is 0 Å². The van der Waals surface area contributed by atoms with Crippen molar-refractivity contribution in [3.8, 4) is 5.75 Å². The molecule has 2 N–H and O–H groups in total. The summed E-state index contributed by atoms with van der Waals surface area (Å²) in [4.78, 5) is 23.0. The smallest absolute Gasteiger partial charge is 0.332 e. The van der Waals surface area contributed by atoms with Gasteiger partial charge in [0.1, 0.15) is 11.9 Å². The third-order valence-corrected chi connectivity index (χ3v) is 4.54. The van der Waals surface area contributed by atoms with Crippen LogP contribution in [0.2, 0.25) is 0 Å². The number of carboxylic acids is 1. The summed E-state index contributed by atoms with van der Waals surface area (Å²) < 4.78 is 16.4. The fraction of sp³-hybridized carbons (Fsp3) is 0.556. The number of hydrogen-bond donors (Lipinski definition) is 2. The van der Waals surface area contributed by atoms with Crippen molar-refractivity contribution in [1.29, 1.82) is 0 Å². The molecule has 136 valence electrons. The molecule has 2 heterocycles. The summed E-state index contributed by atoms with van der Waals surface area (Å²) in [5.41, 5.74) is 0.630. The van der Waals surface area contributed by atoms with Gasteiger partial charge in [0, 0.05) is 18.9 Å². The van der Waals surface area contributed by atoms with Crippen LogP contribution in [-0.2, 0) is 19.1 Å². The fourth-order valence-corrected chi connectivity index (χ4v) is 3.00. The Bertz CT molecular complexity index is 596. The minimum atomic E-state index is -1.03. The molecule has 0 spiro atoms. The molecule has 7 nitrogen and oxygen atoms in total. The van der Waals surface area contributed by atoms with Crippen LogP contribution in [-0.4, -0.2) is 49.0 Å². The summed E-state index contributed by atoms with van der Waals surface area (Å²) in [7, 11) is 0. The first kappa shape index (κ1) is 17.7. The van der Waals surface area contributed by atoms with E-state index in [1.807, 2.05) is 12.1 Å². The Kier molecular flexibility index (Phi) is 5.88. The van der Waals surface area contributed by atoms with Gasteiger partial charge in [0.15, 0.2) is 6.10 Å². The number of amides is 1. The van der Waals surface area contributed by atoms with Crippen LogP contribution in [0.4, 0.5) is 5.69 Å². The van der Waals surface area contributed by atoms with Crippen LogP contribution < -0.4 is 10.1 Å². The number of benzene rings is 1. The van der Waals surface area contributed by atoms with Crippen molar-refractivity contribution in [2.24, 2.45) is 5.92 Å². The predicted molar refractivity (Wildman–Crippen MR) is 89.6 cm³/mol. The maximum atomic E-state index is 12.1. The molecule has 2 aliphatic heterocycles. The Labute approximate surface area is 146 Å². The molecular weight excluding hydrogens is 326 g/mol. The second kappa shape index (κ2) is 8.31. The van der Waals surface area contributed by atoms with E-state index in [0.29, 0.717) is 31.1 Å². The molecule has 0 aromatic heterocycles. The van der Waals surface area contributed by atoms with Gasteiger partial charge in [-0.2, -0.15) is 0 Å². The Balaban J connectivity index is 1.45. The Morgan fingerprint density at radius 3 is 2.40 bits per heavy atom. The molecule has 2 aliphatic rings. The molecule has 1 aromatic carbocycles. The van der Waals surface area contributed by atoms with Gasteiger partial charge in [0.25, 0.3) is 5.91 Å². The van der Waals surface area contributed by atoms with Crippen molar-refractivity contribution < 1.29 is 28.9 Å². The summed E-state index contributed by atoms with van der Waals surface area (Å²) in [5.74, 6) is -0.0664. The highest BCUT2D eigenvalue weighted by atomic mass is 16.5. The highest BCUT2D eigenvalue weighted by Gasteiger charge is 2.34. The Morgan fingerprint density at radius 2 is 1.76 bits per heavy atom. The fourth-order valence-electron chi connectivity index (χ4n) is 3.00. The zero-order valence-corrected chi connectivity index (χ0v) is 14.0. The number of ether oxygens (including phenoxy) is 3. The zero-order chi connectivity index (χ0) is 17.6. The highest BCUT2D eigenvalue weighted by Crippen LogP contribution is 2.23. The number of carbonyl (C=O) groups excluding carboxylic acids is 1. The van der Waals surface area contributed by atoms with E-state index in [1.165, 1.54) is 0 Å². The lowest BCUT2D eigenvalue weighted by molar-refractivity contribution is -0.150. The molecule has 0 radical (unpaired) electrons. The highest BCUT2D eigenvalue weighted by molar-refractivity contribution is 5.94. The van der Waals surface area contributed by atoms with Crippen molar-refractivity contribution in [1.82, 2.24) is 0 Å². The van der Waals surface area contributed by atoms with Crippen LogP contribution in [0.15, 0.2) is 24.3 Å². The second-order valence-electron chi connectivity index (χ2n) is 6.41. The van der Waals surface area contributed by atoms with Gasteiger partial charge in [0.2, 0.25) is 0 Å². The van der Waals surface area contributed by atoms with E-state index in [2.05, 4.69) is 5.32 Å². The summed E-state index contributed by atoms with van der Waals surface area (Å²) in [6, 6.07) is 7.15. The molecule has 0 aliphatic carbocycles. The van der Waals surface area contributed by atoms with E-state index >= 15 is 0 Å².